The summed E-state index contributed by atoms with van der Waals surface area (Å²) >= 11 is 0.915. The molecular formula is C8H10FN7OS. The quantitative estimate of drug-likeness (QED) is 0.406. The Morgan fingerprint density at radius 1 is 1.67 bits per heavy atom. The molecule has 0 atom stereocenters. The van der Waals surface area contributed by atoms with E-state index in [2.05, 4.69) is 25.6 Å². The average Bonchev–Trinajstić information content (AvgIpc) is 2.72. The maximum atomic E-state index is 13.5. The lowest BCUT2D eigenvalue weighted by molar-refractivity contribution is 0.578. The minimum absolute atomic E-state index is 0.0339. The van der Waals surface area contributed by atoms with E-state index in [1.54, 1.807) is 6.92 Å². The highest BCUT2D eigenvalue weighted by molar-refractivity contribution is 7.99. The van der Waals surface area contributed by atoms with Crippen molar-refractivity contribution in [2.75, 3.05) is 5.43 Å². The van der Waals surface area contributed by atoms with E-state index in [0.717, 1.165) is 18.0 Å². The molecule has 10 heteroatoms. The molecule has 0 amide bonds. The van der Waals surface area contributed by atoms with E-state index < -0.39 is 5.82 Å². The molecule has 0 aliphatic heterocycles. The van der Waals surface area contributed by atoms with Gasteiger partial charge in [-0.3, -0.25) is 9.99 Å². The predicted molar refractivity (Wildman–Crippen MR) is 62.4 cm³/mol. The van der Waals surface area contributed by atoms with Crippen LogP contribution in [0, 0.1) is 5.82 Å². The van der Waals surface area contributed by atoms with Crippen LogP contribution in [0.15, 0.2) is 21.2 Å². The first-order chi connectivity index (χ1) is 8.65. The van der Waals surface area contributed by atoms with E-state index in [9.17, 15) is 9.18 Å². The molecule has 0 radical (unpaired) electrons. The number of rotatable bonds is 4. The Bertz CT molecular complexity index is 610. The molecule has 2 heterocycles. The Morgan fingerprint density at radius 2 is 2.44 bits per heavy atom. The summed E-state index contributed by atoms with van der Waals surface area (Å²) in [5.41, 5.74) is 1.86. The highest BCUT2D eigenvalue weighted by Crippen LogP contribution is 2.25. The van der Waals surface area contributed by atoms with Gasteiger partial charge in [0, 0.05) is 6.54 Å². The molecule has 0 aliphatic rings. The molecule has 96 valence electrons. The van der Waals surface area contributed by atoms with Gasteiger partial charge in [-0.25, -0.2) is 30.1 Å². The normalized spacial score (nSPS) is 10.6. The van der Waals surface area contributed by atoms with Crippen LogP contribution in [-0.4, -0.2) is 24.7 Å². The fraction of sp³-hybridized carbons (Fsp3) is 0.250. The third kappa shape index (κ3) is 2.33. The highest BCUT2D eigenvalue weighted by atomic mass is 32.2. The van der Waals surface area contributed by atoms with Crippen molar-refractivity contribution in [1.29, 1.82) is 0 Å². The van der Waals surface area contributed by atoms with Crippen LogP contribution in [0.25, 0.3) is 0 Å². The van der Waals surface area contributed by atoms with Crippen LogP contribution in [0.5, 0.6) is 0 Å². The molecule has 4 N–H and O–H groups in total. The molecule has 0 bridgehead atoms. The predicted octanol–water partition coefficient (Wildman–Crippen LogP) is -0.0428. The van der Waals surface area contributed by atoms with Crippen molar-refractivity contribution >= 4 is 17.7 Å². The smallest absolute Gasteiger partial charge is 0.292 e. The van der Waals surface area contributed by atoms with Gasteiger partial charge < -0.3 is 0 Å². The highest BCUT2D eigenvalue weighted by Gasteiger charge is 2.14. The first kappa shape index (κ1) is 12.5. The molecule has 0 aromatic carbocycles. The zero-order valence-electron chi connectivity index (χ0n) is 9.35. The first-order valence-electron chi connectivity index (χ1n) is 4.98. The number of aromatic amines is 1. The molecule has 0 saturated carbocycles. The molecule has 2 aromatic rings. The van der Waals surface area contributed by atoms with Gasteiger partial charge in [-0.05, 0) is 18.7 Å². The molecule has 2 rings (SSSR count). The third-order valence-electron chi connectivity index (χ3n) is 2.07. The molecule has 0 saturated heterocycles. The van der Waals surface area contributed by atoms with Crippen LogP contribution in [-0.2, 0) is 6.54 Å². The van der Waals surface area contributed by atoms with Crippen LogP contribution in [0.2, 0.25) is 0 Å². The van der Waals surface area contributed by atoms with Crippen molar-refractivity contribution < 1.29 is 4.39 Å². The minimum Gasteiger partial charge on any atom is -0.292 e. The molecular weight excluding hydrogens is 261 g/mol. The Balaban J connectivity index is 2.36. The maximum absolute atomic E-state index is 13.5. The summed E-state index contributed by atoms with van der Waals surface area (Å²) in [5.74, 6) is 4.61. The van der Waals surface area contributed by atoms with E-state index in [1.165, 1.54) is 4.57 Å². The number of hydrazine groups is 1. The number of nitrogen functional groups attached to an aromatic ring is 1. The summed E-state index contributed by atoms with van der Waals surface area (Å²) in [6, 6.07) is 0. The summed E-state index contributed by atoms with van der Waals surface area (Å²) < 4.78 is 14.9. The fourth-order valence-corrected chi connectivity index (χ4v) is 2.11. The van der Waals surface area contributed by atoms with Gasteiger partial charge in [-0.2, -0.15) is 0 Å². The van der Waals surface area contributed by atoms with E-state index in [4.69, 9.17) is 5.84 Å². The van der Waals surface area contributed by atoms with Crippen molar-refractivity contribution in [3.05, 3.63) is 22.5 Å². The second-order valence-electron chi connectivity index (χ2n) is 3.15. The lowest BCUT2D eigenvalue weighted by Crippen LogP contribution is -2.16. The largest absolute Gasteiger partial charge is 0.343 e. The third-order valence-corrected chi connectivity index (χ3v) is 3.04. The van der Waals surface area contributed by atoms with Gasteiger partial charge in [-0.15, -0.1) is 5.10 Å². The summed E-state index contributed by atoms with van der Waals surface area (Å²) in [6.45, 7) is 2.20. The molecule has 18 heavy (non-hydrogen) atoms. The van der Waals surface area contributed by atoms with Crippen molar-refractivity contribution in [1.82, 2.24) is 24.7 Å². The average molecular weight is 271 g/mol. The van der Waals surface area contributed by atoms with E-state index in [1.807, 2.05) is 0 Å². The van der Waals surface area contributed by atoms with Gasteiger partial charge in [0.15, 0.2) is 11.0 Å². The number of nitrogens with two attached hydrogens (primary N) is 1. The molecule has 0 fully saturated rings. The van der Waals surface area contributed by atoms with Gasteiger partial charge in [0.1, 0.15) is 5.03 Å². The Kier molecular flexibility index (Phi) is 3.58. The molecule has 0 unspecified atom stereocenters. The van der Waals surface area contributed by atoms with Gasteiger partial charge in [-0.1, -0.05) is 0 Å². The van der Waals surface area contributed by atoms with Crippen molar-refractivity contribution in [3.63, 3.8) is 0 Å². The van der Waals surface area contributed by atoms with Crippen molar-refractivity contribution in [2.24, 2.45) is 5.84 Å². The summed E-state index contributed by atoms with van der Waals surface area (Å²) in [4.78, 5) is 18.8. The van der Waals surface area contributed by atoms with Crippen molar-refractivity contribution in [3.8, 4) is 0 Å². The number of aromatic nitrogens is 5. The van der Waals surface area contributed by atoms with Gasteiger partial charge in [0.25, 0.3) is 0 Å². The monoisotopic (exact) mass is 271 g/mol. The van der Waals surface area contributed by atoms with E-state index in [-0.39, 0.29) is 16.7 Å². The summed E-state index contributed by atoms with van der Waals surface area (Å²) in [5, 5.41) is 6.43. The number of anilines is 1. The van der Waals surface area contributed by atoms with E-state index in [0.29, 0.717) is 11.7 Å². The molecule has 2 aromatic heterocycles. The number of H-pyrrole nitrogens is 1. The Labute approximate surface area is 105 Å². The van der Waals surface area contributed by atoms with Crippen LogP contribution < -0.4 is 17.0 Å². The number of halogens is 1. The van der Waals surface area contributed by atoms with Gasteiger partial charge >= 0.3 is 5.69 Å². The molecule has 0 spiro atoms. The van der Waals surface area contributed by atoms with Gasteiger partial charge in [0.2, 0.25) is 5.95 Å². The number of nitrogens with one attached hydrogen (secondary N) is 2. The number of nitrogens with zero attached hydrogens (tertiary/aromatic N) is 4. The summed E-state index contributed by atoms with van der Waals surface area (Å²) in [6.07, 6.45) is 0.992. The number of hydrogen-bond donors (Lipinski definition) is 3. The standard InChI is InChI=1S/C8H10FN7OS/c1-2-16-7(17)14-15-8(16)18-5-4(9)3-11-6(12-5)13-10/h3H,2,10H2,1H3,(H,14,17)(H,11,12,13). The lowest BCUT2D eigenvalue weighted by atomic mass is 10.6. The first-order valence-corrected chi connectivity index (χ1v) is 5.79. The Morgan fingerprint density at radius 3 is 3.11 bits per heavy atom. The number of hydrogen-bond acceptors (Lipinski definition) is 7. The zero-order chi connectivity index (χ0) is 13.1. The zero-order valence-corrected chi connectivity index (χ0v) is 10.2. The van der Waals surface area contributed by atoms with E-state index >= 15 is 0 Å². The maximum Gasteiger partial charge on any atom is 0.343 e. The lowest BCUT2D eigenvalue weighted by Gasteiger charge is -2.04. The summed E-state index contributed by atoms with van der Waals surface area (Å²) in [7, 11) is 0. The van der Waals surface area contributed by atoms with Gasteiger partial charge in [0.05, 0.1) is 6.20 Å². The SMILES string of the molecule is CCn1c(Sc2nc(NN)ncc2F)n[nH]c1=O. The van der Waals surface area contributed by atoms with Crippen LogP contribution >= 0.6 is 11.8 Å². The van der Waals surface area contributed by atoms with Crippen LogP contribution in [0.3, 0.4) is 0 Å². The second-order valence-corrected chi connectivity index (χ2v) is 4.10. The topological polar surface area (TPSA) is 115 Å². The minimum atomic E-state index is -0.614. The second kappa shape index (κ2) is 5.14. The van der Waals surface area contributed by atoms with Crippen LogP contribution in [0.4, 0.5) is 10.3 Å². The fourth-order valence-electron chi connectivity index (χ4n) is 1.24. The van der Waals surface area contributed by atoms with Crippen LogP contribution in [0.1, 0.15) is 6.92 Å². The Hall–Kier alpha value is -1.94. The molecule has 8 nitrogen and oxygen atoms in total. The molecule has 0 aliphatic carbocycles. The van der Waals surface area contributed by atoms with Crippen molar-refractivity contribution in [2.45, 2.75) is 23.7 Å².